The average Bonchev–Trinajstić information content (AvgIpc) is 2.84. The first-order valence-corrected chi connectivity index (χ1v) is 7.89. The van der Waals surface area contributed by atoms with E-state index < -0.39 is 0 Å². The van der Waals surface area contributed by atoms with Crippen LogP contribution in [-0.4, -0.2) is 17.0 Å². The summed E-state index contributed by atoms with van der Waals surface area (Å²) < 4.78 is 13.1. The SMILES string of the molecule is NC(CSC1CCCC1)Cc1cc(F)ccc1Cl. The summed E-state index contributed by atoms with van der Waals surface area (Å²) in [5, 5.41) is 1.39. The molecule has 1 atom stereocenters. The molecule has 0 amide bonds. The standard InChI is InChI=1S/C14H19ClFNS/c15-14-6-5-11(16)7-10(14)8-12(17)9-18-13-3-1-2-4-13/h5-7,12-13H,1-4,8-9,17H2. The number of nitrogens with two attached hydrogens (primary N) is 1. The molecular formula is C14H19ClFNS. The van der Waals surface area contributed by atoms with Gasteiger partial charge in [-0.05, 0) is 43.0 Å². The fourth-order valence-corrected chi connectivity index (χ4v) is 3.85. The Bertz CT molecular complexity index is 393. The summed E-state index contributed by atoms with van der Waals surface area (Å²) in [7, 11) is 0. The zero-order chi connectivity index (χ0) is 13.0. The maximum atomic E-state index is 13.1. The second-order valence-electron chi connectivity index (χ2n) is 4.94. The topological polar surface area (TPSA) is 26.0 Å². The minimum atomic E-state index is -0.245. The molecule has 1 saturated carbocycles. The van der Waals surface area contributed by atoms with Gasteiger partial charge in [0.2, 0.25) is 0 Å². The normalized spacial score (nSPS) is 18.2. The van der Waals surface area contributed by atoms with E-state index in [0.29, 0.717) is 11.4 Å². The molecule has 2 N–H and O–H groups in total. The van der Waals surface area contributed by atoms with Crippen molar-refractivity contribution in [2.45, 2.75) is 43.4 Å². The molecule has 0 saturated heterocycles. The molecule has 0 aliphatic heterocycles. The van der Waals surface area contributed by atoms with Crippen molar-refractivity contribution in [2.24, 2.45) is 5.73 Å². The van der Waals surface area contributed by atoms with Crippen molar-refractivity contribution < 1.29 is 4.39 Å². The predicted molar refractivity (Wildman–Crippen MR) is 77.8 cm³/mol. The molecular weight excluding hydrogens is 269 g/mol. The molecule has 18 heavy (non-hydrogen) atoms. The number of thioether (sulfide) groups is 1. The Balaban J connectivity index is 1.82. The molecule has 4 heteroatoms. The highest BCUT2D eigenvalue weighted by atomic mass is 35.5. The Labute approximate surface area is 117 Å². The van der Waals surface area contributed by atoms with Gasteiger partial charge in [0.25, 0.3) is 0 Å². The van der Waals surface area contributed by atoms with Crippen LogP contribution in [0.5, 0.6) is 0 Å². The lowest BCUT2D eigenvalue weighted by Crippen LogP contribution is -2.26. The highest BCUT2D eigenvalue weighted by Gasteiger charge is 2.17. The van der Waals surface area contributed by atoms with Crippen molar-refractivity contribution in [3.8, 4) is 0 Å². The number of benzene rings is 1. The molecule has 1 aliphatic carbocycles. The van der Waals surface area contributed by atoms with E-state index in [1.54, 1.807) is 6.07 Å². The smallest absolute Gasteiger partial charge is 0.123 e. The minimum Gasteiger partial charge on any atom is -0.327 e. The molecule has 0 bridgehead atoms. The minimum absolute atomic E-state index is 0.0508. The van der Waals surface area contributed by atoms with Gasteiger partial charge in [-0.3, -0.25) is 0 Å². The Morgan fingerprint density at radius 1 is 1.39 bits per heavy atom. The van der Waals surface area contributed by atoms with Gasteiger partial charge >= 0.3 is 0 Å². The number of rotatable bonds is 5. The zero-order valence-corrected chi connectivity index (χ0v) is 11.9. The first-order valence-electron chi connectivity index (χ1n) is 6.46. The van der Waals surface area contributed by atoms with Gasteiger partial charge in [0.1, 0.15) is 5.82 Å². The third-order valence-electron chi connectivity index (χ3n) is 3.34. The van der Waals surface area contributed by atoms with E-state index in [0.717, 1.165) is 16.6 Å². The largest absolute Gasteiger partial charge is 0.327 e. The molecule has 0 aromatic heterocycles. The van der Waals surface area contributed by atoms with Crippen molar-refractivity contribution in [2.75, 3.05) is 5.75 Å². The Kier molecular flexibility index (Phi) is 5.34. The highest BCUT2D eigenvalue weighted by Crippen LogP contribution is 2.30. The monoisotopic (exact) mass is 287 g/mol. The van der Waals surface area contributed by atoms with Gasteiger partial charge in [-0.2, -0.15) is 11.8 Å². The number of hydrogen-bond donors (Lipinski definition) is 1. The molecule has 1 aliphatic rings. The van der Waals surface area contributed by atoms with Crippen LogP contribution in [0.3, 0.4) is 0 Å². The fourth-order valence-electron chi connectivity index (χ4n) is 2.36. The summed E-state index contributed by atoms with van der Waals surface area (Å²) in [6.45, 7) is 0. The van der Waals surface area contributed by atoms with Crippen LogP contribution in [0.4, 0.5) is 4.39 Å². The summed E-state index contributed by atoms with van der Waals surface area (Å²) in [5.74, 6) is 0.683. The van der Waals surface area contributed by atoms with Crippen molar-refractivity contribution in [1.82, 2.24) is 0 Å². The van der Waals surface area contributed by atoms with Gasteiger partial charge in [0.15, 0.2) is 0 Å². The second-order valence-corrected chi connectivity index (χ2v) is 6.68. The van der Waals surface area contributed by atoms with Gasteiger partial charge in [-0.15, -0.1) is 0 Å². The van der Waals surface area contributed by atoms with E-state index in [4.69, 9.17) is 17.3 Å². The van der Waals surface area contributed by atoms with Crippen LogP contribution in [-0.2, 0) is 6.42 Å². The first-order chi connectivity index (χ1) is 8.65. The van der Waals surface area contributed by atoms with Crippen LogP contribution in [0.1, 0.15) is 31.2 Å². The van der Waals surface area contributed by atoms with E-state index in [1.165, 1.54) is 37.8 Å². The van der Waals surface area contributed by atoms with Gasteiger partial charge in [0.05, 0.1) is 0 Å². The van der Waals surface area contributed by atoms with Crippen LogP contribution < -0.4 is 5.73 Å². The second kappa shape index (κ2) is 6.78. The van der Waals surface area contributed by atoms with E-state index in [-0.39, 0.29) is 11.9 Å². The van der Waals surface area contributed by atoms with E-state index in [1.807, 2.05) is 11.8 Å². The lowest BCUT2D eigenvalue weighted by molar-refractivity contribution is 0.623. The summed E-state index contributed by atoms with van der Waals surface area (Å²) >= 11 is 8.00. The molecule has 100 valence electrons. The molecule has 0 radical (unpaired) electrons. The van der Waals surface area contributed by atoms with E-state index in [2.05, 4.69) is 0 Å². The molecule has 1 fully saturated rings. The van der Waals surface area contributed by atoms with Crippen molar-refractivity contribution in [3.63, 3.8) is 0 Å². The molecule has 1 unspecified atom stereocenters. The van der Waals surface area contributed by atoms with Crippen molar-refractivity contribution in [3.05, 3.63) is 34.6 Å². The van der Waals surface area contributed by atoms with Crippen LogP contribution in [0, 0.1) is 5.82 Å². The molecule has 1 aromatic carbocycles. The summed E-state index contributed by atoms with van der Waals surface area (Å²) in [6, 6.07) is 4.52. The number of halogens is 2. The summed E-state index contributed by atoms with van der Waals surface area (Å²) in [6.07, 6.45) is 5.98. The third-order valence-corrected chi connectivity index (χ3v) is 5.27. The molecule has 0 spiro atoms. The van der Waals surface area contributed by atoms with Crippen LogP contribution in [0.25, 0.3) is 0 Å². The predicted octanol–water partition coefficient (Wildman–Crippen LogP) is 4.02. The fraction of sp³-hybridized carbons (Fsp3) is 0.571. The van der Waals surface area contributed by atoms with Gasteiger partial charge < -0.3 is 5.73 Å². The molecule has 2 rings (SSSR count). The van der Waals surface area contributed by atoms with E-state index >= 15 is 0 Å². The van der Waals surface area contributed by atoms with E-state index in [9.17, 15) is 4.39 Å². The quantitative estimate of drug-likeness (QED) is 0.885. The van der Waals surface area contributed by atoms with Crippen molar-refractivity contribution >= 4 is 23.4 Å². The van der Waals surface area contributed by atoms with Gasteiger partial charge in [-0.25, -0.2) is 4.39 Å². The Morgan fingerprint density at radius 3 is 2.83 bits per heavy atom. The first kappa shape index (κ1) is 14.2. The Morgan fingerprint density at radius 2 is 2.11 bits per heavy atom. The van der Waals surface area contributed by atoms with Gasteiger partial charge in [0, 0.05) is 22.1 Å². The molecule has 0 heterocycles. The molecule has 1 nitrogen and oxygen atoms in total. The average molecular weight is 288 g/mol. The van der Waals surface area contributed by atoms with Crippen LogP contribution >= 0.6 is 23.4 Å². The number of hydrogen-bond acceptors (Lipinski definition) is 2. The highest BCUT2D eigenvalue weighted by molar-refractivity contribution is 7.99. The lowest BCUT2D eigenvalue weighted by atomic mass is 10.1. The third kappa shape index (κ3) is 4.15. The zero-order valence-electron chi connectivity index (χ0n) is 10.4. The lowest BCUT2D eigenvalue weighted by Gasteiger charge is -2.15. The molecule has 1 aromatic rings. The van der Waals surface area contributed by atoms with Gasteiger partial charge in [-0.1, -0.05) is 24.4 Å². The van der Waals surface area contributed by atoms with Crippen molar-refractivity contribution in [1.29, 1.82) is 0 Å². The van der Waals surface area contributed by atoms with Crippen LogP contribution in [0.15, 0.2) is 18.2 Å². The van der Waals surface area contributed by atoms with Crippen LogP contribution in [0.2, 0.25) is 5.02 Å². The summed E-state index contributed by atoms with van der Waals surface area (Å²) in [4.78, 5) is 0. The Hall–Kier alpha value is -0.250. The summed E-state index contributed by atoms with van der Waals surface area (Å²) in [5.41, 5.74) is 6.92. The maximum absolute atomic E-state index is 13.1. The maximum Gasteiger partial charge on any atom is 0.123 e.